The predicted molar refractivity (Wildman–Crippen MR) is 156 cm³/mol. The van der Waals surface area contributed by atoms with Crippen LogP contribution in [0.5, 0.6) is 23.0 Å². The molecule has 1 fully saturated rings. The van der Waals surface area contributed by atoms with Gasteiger partial charge in [0.05, 0.1) is 30.5 Å². The minimum atomic E-state index is -0.415. The van der Waals surface area contributed by atoms with Crippen LogP contribution in [0.2, 0.25) is 0 Å². The second-order valence-corrected chi connectivity index (χ2v) is 10.9. The maximum absolute atomic E-state index is 13.7. The molecule has 1 saturated heterocycles. The number of ether oxygens (including phenoxy) is 4. The van der Waals surface area contributed by atoms with E-state index in [1.807, 2.05) is 37.3 Å². The molecule has 0 unspecified atom stereocenters. The highest BCUT2D eigenvalue weighted by atomic mass is 16.6. The van der Waals surface area contributed by atoms with Gasteiger partial charge in [-0.2, -0.15) is 0 Å². The van der Waals surface area contributed by atoms with Crippen molar-refractivity contribution in [2.45, 2.75) is 44.9 Å². The first-order valence-corrected chi connectivity index (χ1v) is 14.5. The summed E-state index contributed by atoms with van der Waals surface area (Å²) < 4.78 is 23.7. The molecule has 0 aliphatic carbocycles. The van der Waals surface area contributed by atoms with Gasteiger partial charge >= 0.3 is 0 Å². The number of rotatable bonds is 1. The van der Waals surface area contributed by atoms with Crippen LogP contribution in [-0.4, -0.2) is 72.6 Å². The lowest BCUT2D eigenvalue weighted by atomic mass is 9.99. The Balaban J connectivity index is 1.20. The van der Waals surface area contributed by atoms with Gasteiger partial charge in [-0.1, -0.05) is 12.1 Å². The number of pyridine rings is 1. The molecule has 4 heterocycles. The van der Waals surface area contributed by atoms with Crippen molar-refractivity contribution in [1.29, 1.82) is 0 Å². The maximum atomic E-state index is 13.7. The van der Waals surface area contributed by atoms with Gasteiger partial charge in [-0.15, -0.1) is 0 Å². The van der Waals surface area contributed by atoms with E-state index in [-0.39, 0.29) is 30.2 Å². The van der Waals surface area contributed by atoms with E-state index in [4.69, 9.17) is 18.9 Å². The highest BCUT2D eigenvalue weighted by Gasteiger charge is 2.34. The van der Waals surface area contributed by atoms with E-state index in [1.165, 1.54) is 6.20 Å². The van der Waals surface area contributed by atoms with Crippen molar-refractivity contribution in [2.75, 3.05) is 32.8 Å². The predicted octanol–water partition coefficient (Wildman–Crippen LogP) is 3.39. The molecule has 43 heavy (non-hydrogen) atoms. The smallest absolute Gasteiger partial charge is 0.254 e. The number of hydrogen-bond donors (Lipinski definition) is 2. The Bertz CT molecular complexity index is 1530. The number of nitrogens with zero attached hydrogens (tertiary/aromatic N) is 2. The van der Waals surface area contributed by atoms with E-state index in [0.717, 1.165) is 11.1 Å². The van der Waals surface area contributed by atoms with Crippen LogP contribution < -0.4 is 24.8 Å². The van der Waals surface area contributed by atoms with Gasteiger partial charge in [0.15, 0.2) is 11.5 Å². The third-order valence-electron chi connectivity index (χ3n) is 7.74. The normalized spacial score (nSPS) is 20.8. The van der Waals surface area contributed by atoms with Crippen LogP contribution in [0.4, 0.5) is 0 Å². The molecule has 6 rings (SSSR count). The summed E-state index contributed by atoms with van der Waals surface area (Å²) in [7, 11) is 0. The number of nitrogens with one attached hydrogen (secondary N) is 2. The van der Waals surface area contributed by atoms with Crippen LogP contribution >= 0.6 is 0 Å². The molecule has 224 valence electrons. The first-order chi connectivity index (χ1) is 20.9. The highest BCUT2D eigenvalue weighted by Crippen LogP contribution is 2.34. The monoisotopic (exact) mass is 586 g/mol. The third kappa shape index (κ3) is 6.72. The molecule has 1 aromatic heterocycles. The molecule has 3 aromatic rings. The van der Waals surface area contributed by atoms with E-state index in [0.29, 0.717) is 86.4 Å². The summed E-state index contributed by atoms with van der Waals surface area (Å²) in [5.41, 5.74) is 2.59. The molecule has 0 radical (unpaired) electrons. The summed E-state index contributed by atoms with van der Waals surface area (Å²) in [6.45, 7) is 4.17. The number of aryl methyl sites for hydroxylation is 1. The van der Waals surface area contributed by atoms with Crippen LogP contribution in [0.3, 0.4) is 0 Å². The van der Waals surface area contributed by atoms with Gasteiger partial charge in [0.1, 0.15) is 24.7 Å². The lowest BCUT2D eigenvalue weighted by Crippen LogP contribution is -2.57. The van der Waals surface area contributed by atoms with Gasteiger partial charge in [0.2, 0.25) is 5.91 Å². The molecule has 0 spiro atoms. The minimum Gasteiger partial charge on any atom is -0.486 e. The van der Waals surface area contributed by atoms with Crippen LogP contribution in [-0.2, 0) is 16.1 Å². The number of amides is 3. The zero-order valence-corrected chi connectivity index (χ0v) is 24.0. The fourth-order valence-electron chi connectivity index (χ4n) is 5.51. The standard InChI is InChI=1S/C32H34N4O7/c1-20-12-28-29(41-11-10-40-28)15-25(20)32(39)36-9-7-27-26(18-36)35-30(37)6-3-8-34-31(38)22-14-24(17-33-16-22)43-23-5-2-4-21(13-23)19-42-27/h2,4-5,12-17,26-27H,3,6-11,18-19H2,1H3,(H,34,38)(H,35,37)/t26-,27-/m0/s1. The number of benzene rings is 2. The zero-order chi connectivity index (χ0) is 29.8. The van der Waals surface area contributed by atoms with E-state index in [1.54, 1.807) is 23.2 Å². The number of fused-ring (bicyclic) bond motifs is 6. The summed E-state index contributed by atoms with van der Waals surface area (Å²) >= 11 is 0. The minimum absolute atomic E-state index is 0.133. The Hall–Kier alpha value is -4.64. The lowest BCUT2D eigenvalue weighted by molar-refractivity contribution is -0.124. The number of piperidine rings is 1. The van der Waals surface area contributed by atoms with E-state index >= 15 is 0 Å². The first kappa shape index (κ1) is 28.5. The number of carbonyl (C=O) groups is 3. The topological polar surface area (TPSA) is 128 Å². The fourth-order valence-corrected chi connectivity index (χ4v) is 5.51. The second-order valence-electron chi connectivity index (χ2n) is 10.9. The zero-order valence-electron chi connectivity index (χ0n) is 24.0. The number of likely N-dealkylation sites (tertiary alicyclic amines) is 1. The molecular formula is C32H34N4O7. The van der Waals surface area contributed by atoms with Crippen molar-refractivity contribution >= 4 is 17.7 Å². The van der Waals surface area contributed by atoms with Crippen LogP contribution in [0.15, 0.2) is 54.9 Å². The van der Waals surface area contributed by atoms with Gasteiger partial charge < -0.3 is 34.5 Å². The Morgan fingerprint density at radius 3 is 2.72 bits per heavy atom. The van der Waals surface area contributed by atoms with Gasteiger partial charge in [0, 0.05) is 37.8 Å². The van der Waals surface area contributed by atoms with Crippen molar-refractivity contribution in [3.8, 4) is 23.0 Å². The van der Waals surface area contributed by atoms with Gasteiger partial charge in [-0.3, -0.25) is 19.4 Å². The molecule has 3 amide bonds. The van der Waals surface area contributed by atoms with Crippen LogP contribution in [0.25, 0.3) is 0 Å². The van der Waals surface area contributed by atoms with Crippen LogP contribution in [0, 0.1) is 6.92 Å². The number of carbonyl (C=O) groups excluding carboxylic acids is 3. The maximum Gasteiger partial charge on any atom is 0.254 e. The average molecular weight is 587 g/mol. The van der Waals surface area contributed by atoms with Gasteiger partial charge in [-0.05, 0) is 61.2 Å². The first-order valence-electron chi connectivity index (χ1n) is 14.5. The molecule has 3 aliphatic rings. The van der Waals surface area contributed by atoms with Crippen molar-refractivity contribution in [3.05, 3.63) is 77.1 Å². The summed E-state index contributed by atoms with van der Waals surface area (Å²) in [6.07, 6.45) is 3.92. The molecule has 3 aliphatic heterocycles. The molecule has 0 saturated carbocycles. The molecule has 2 aromatic carbocycles. The molecule has 11 nitrogen and oxygen atoms in total. The largest absolute Gasteiger partial charge is 0.486 e. The van der Waals surface area contributed by atoms with Crippen molar-refractivity contribution < 1.29 is 33.3 Å². The van der Waals surface area contributed by atoms with E-state index in [9.17, 15) is 14.4 Å². The van der Waals surface area contributed by atoms with E-state index in [2.05, 4.69) is 15.6 Å². The Morgan fingerprint density at radius 1 is 1.02 bits per heavy atom. The third-order valence-corrected chi connectivity index (χ3v) is 7.74. The Morgan fingerprint density at radius 2 is 1.86 bits per heavy atom. The molecule has 2 atom stereocenters. The van der Waals surface area contributed by atoms with Crippen molar-refractivity contribution in [3.63, 3.8) is 0 Å². The number of aromatic nitrogens is 1. The average Bonchev–Trinajstić information content (AvgIpc) is 3.01. The summed E-state index contributed by atoms with van der Waals surface area (Å²) in [6, 6.07) is 12.3. The molecular weight excluding hydrogens is 552 g/mol. The Kier molecular flexibility index (Phi) is 8.41. The highest BCUT2D eigenvalue weighted by molar-refractivity contribution is 5.96. The van der Waals surface area contributed by atoms with E-state index < -0.39 is 6.04 Å². The van der Waals surface area contributed by atoms with Crippen molar-refractivity contribution in [2.24, 2.45) is 0 Å². The van der Waals surface area contributed by atoms with Gasteiger partial charge in [0.25, 0.3) is 11.8 Å². The summed E-state index contributed by atoms with van der Waals surface area (Å²) in [4.78, 5) is 45.3. The summed E-state index contributed by atoms with van der Waals surface area (Å²) in [5.74, 6) is 1.63. The molecule has 2 N–H and O–H groups in total. The van der Waals surface area contributed by atoms with Crippen molar-refractivity contribution in [1.82, 2.24) is 20.5 Å². The Labute approximate surface area is 249 Å². The van der Waals surface area contributed by atoms with Gasteiger partial charge in [-0.25, -0.2) is 0 Å². The molecule has 11 heteroatoms. The summed E-state index contributed by atoms with van der Waals surface area (Å²) in [5, 5.41) is 5.93. The molecule has 4 bridgehead atoms. The fraction of sp³-hybridized carbons (Fsp3) is 0.375. The lowest BCUT2D eigenvalue weighted by Gasteiger charge is -2.39. The quantitative estimate of drug-likeness (QED) is 0.444. The second kappa shape index (κ2) is 12.7. The van der Waals surface area contributed by atoms with Crippen LogP contribution in [0.1, 0.15) is 51.1 Å². The number of hydrogen-bond acceptors (Lipinski definition) is 8. The SMILES string of the molecule is Cc1cc2c(cc1C(=O)N1CC[C@@H]3OCc4cccc(c4)Oc4cncc(c4)C(=O)NCCCC(=O)N[C@H]3C1)OCCO2.